The van der Waals surface area contributed by atoms with Crippen molar-refractivity contribution >= 4 is 11.9 Å². The van der Waals surface area contributed by atoms with Gasteiger partial charge in [-0.3, -0.25) is 4.79 Å². The summed E-state index contributed by atoms with van der Waals surface area (Å²) in [6.45, 7) is 2.15. The number of nitrogens with one attached hydrogen (secondary N) is 1. The van der Waals surface area contributed by atoms with Gasteiger partial charge < -0.3 is 19.2 Å². The smallest absolute Gasteiger partial charge is 0.318 e. The molecule has 1 aliphatic heterocycles. The van der Waals surface area contributed by atoms with Gasteiger partial charge in [-0.05, 0) is 6.07 Å². The van der Waals surface area contributed by atoms with Crippen LogP contribution in [0, 0.1) is 18.3 Å². The van der Waals surface area contributed by atoms with E-state index < -0.39 is 6.17 Å². The number of anilines is 1. The van der Waals surface area contributed by atoms with Crippen molar-refractivity contribution in [3.63, 3.8) is 0 Å². The third-order valence-electron chi connectivity index (χ3n) is 4.01. The number of hydrogen-bond acceptors (Lipinski definition) is 6. The molecule has 126 valence electrons. The maximum atomic E-state index is 13.9. The Morgan fingerprint density at radius 3 is 3.04 bits per heavy atom. The zero-order valence-electron chi connectivity index (χ0n) is 13.4. The van der Waals surface area contributed by atoms with E-state index in [2.05, 4.69) is 15.2 Å². The first-order valence-electron chi connectivity index (χ1n) is 7.52. The minimum atomic E-state index is -1.01. The van der Waals surface area contributed by atoms with E-state index >= 15 is 0 Å². The first-order chi connectivity index (χ1) is 11.5. The Kier molecular flexibility index (Phi) is 4.20. The van der Waals surface area contributed by atoms with Gasteiger partial charge in [0.25, 0.3) is 5.91 Å². The number of amides is 1. The Bertz CT molecular complexity index is 779. The fourth-order valence-electron chi connectivity index (χ4n) is 2.87. The highest BCUT2D eigenvalue weighted by Crippen LogP contribution is 2.27. The summed E-state index contributed by atoms with van der Waals surface area (Å²) in [5.74, 6) is 0.170. The first kappa shape index (κ1) is 16.0. The average Bonchev–Trinajstić information content (AvgIpc) is 3.26. The third kappa shape index (κ3) is 3.08. The number of hydrogen-bond donors (Lipinski definition) is 1. The lowest BCUT2D eigenvalue weighted by molar-refractivity contribution is 0.0785. The molecule has 0 aliphatic carbocycles. The van der Waals surface area contributed by atoms with Gasteiger partial charge in [0.2, 0.25) is 5.89 Å². The summed E-state index contributed by atoms with van der Waals surface area (Å²) < 4.78 is 19.2. The van der Waals surface area contributed by atoms with Crippen LogP contribution < -0.4 is 4.90 Å². The lowest BCUT2D eigenvalue weighted by Crippen LogP contribution is -2.41. The summed E-state index contributed by atoms with van der Waals surface area (Å²) in [6.07, 6.45) is 0.766. The maximum absolute atomic E-state index is 13.9. The molecule has 1 saturated heterocycles. The van der Waals surface area contributed by atoms with Crippen LogP contribution in [0.15, 0.2) is 16.7 Å². The number of rotatable bonds is 4. The average molecular weight is 332 g/mol. The summed E-state index contributed by atoms with van der Waals surface area (Å²) in [7, 11) is 1.64. The zero-order valence-corrected chi connectivity index (χ0v) is 13.4. The van der Waals surface area contributed by atoms with E-state index in [-0.39, 0.29) is 30.9 Å². The topological polar surface area (TPSA) is 102 Å². The number of likely N-dealkylation sites (N-methyl/N-ethyl adjacent to an activating group) is 1. The van der Waals surface area contributed by atoms with Crippen molar-refractivity contribution in [1.82, 2.24) is 20.1 Å². The second kappa shape index (κ2) is 6.31. The number of aromatic nitrogens is 3. The van der Waals surface area contributed by atoms with E-state index in [1.165, 1.54) is 17.2 Å². The minimum Gasteiger partial charge on any atom is -0.408 e. The molecule has 2 aromatic heterocycles. The molecule has 1 amide bonds. The van der Waals surface area contributed by atoms with E-state index in [0.29, 0.717) is 23.7 Å². The third-order valence-corrected chi connectivity index (χ3v) is 4.01. The molecule has 2 atom stereocenters. The Balaban J connectivity index is 1.71. The normalized spacial score (nSPS) is 20.2. The van der Waals surface area contributed by atoms with Gasteiger partial charge in [0.15, 0.2) is 0 Å². The number of nitrogens with zero attached hydrogens (tertiary/aromatic N) is 5. The highest BCUT2D eigenvalue weighted by molar-refractivity contribution is 5.94. The molecular formula is C15H17FN6O2. The molecule has 0 radical (unpaired) electrons. The number of H-pyrrole nitrogens is 1. The standard InChI is InChI=1S/C15H17FN6O2/c1-9-19-20-15(24-9)22-7-11(16)4-13(22)8-21(2)14(23)10-3-12(5-17)18-6-10/h3,6,11,13,18H,4,7-8H2,1-2H3/t11-,13-/m0/s1. The van der Waals surface area contributed by atoms with Crippen molar-refractivity contribution in [1.29, 1.82) is 5.26 Å². The van der Waals surface area contributed by atoms with E-state index in [0.717, 1.165) is 0 Å². The van der Waals surface area contributed by atoms with Crippen LogP contribution in [0.2, 0.25) is 0 Å². The van der Waals surface area contributed by atoms with Gasteiger partial charge in [-0.25, -0.2) is 4.39 Å². The van der Waals surface area contributed by atoms with Crippen LogP contribution in [0.5, 0.6) is 0 Å². The van der Waals surface area contributed by atoms with Crippen molar-refractivity contribution in [3.8, 4) is 6.07 Å². The van der Waals surface area contributed by atoms with E-state index in [9.17, 15) is 9.18 Å². The summed E-state index contributed by atoms with van der Waals surface area (Å²) in [6, 6.07) is 3.45. The molecular weight excluding hydrogens is 315 g/mol. The number of alkyl halides is 1. The molecule has 1 aliphatic rings. The fraction of sp³-hybridized carbons (Fsp3) is 0.467. The number of aromatic amines is 1. The number of aryl methyl sites for hydroxylation is 1. The Hall–Kier alpha value is -2.89. The largest absolute Gasteiger partial charge is 0.408 e. The molecule has 9 heteroatoms. The summed E-state index contributed by atoms with van der Waals surface area (Å²) in [4.78, 5) is 18.3. The summed E-state index contributed by atoms with van der Waals surface area (Å²) in [5, 5.41) is 16.5. The molecule has 24 heavy (non-hydrogen) atoms. The molecule has 0 saturated carbocycles. The van der Waals surface area contributed by atoms with E-state index in [1.54, 1.807) is 18.9 Å². The molecule has 3 heterocycles. The molecule has 1 fully saturated rings. The lowest BCUT2D eigenvalue weighted by Gasteiger charge is -2.26. The molecule has 8 nitrogen and oxygen atoms in total. The van der Waals surface area contributed by atoms with Crippen LogP contribution >= 0.6 is 0 Å². The van der Waals surface area contributed by atoms with Crippen LogP contribution in [-0.2, 0) is 0 Å². The molecule has 0 unspecified atom stereocenters. The summed E-state index contributed by atoms with van der Waals surface area (Å²) in [5.41, 5.74) is 0.712. The molecule has 0 bridgehead atoms. The first-order valence-corrected chi connectivity index (χ1v) is 7.52. The van der Waals surface area contributed by atoms with Crippen LogP contribution in [0.4, 0.5) is 10.4 Å². The number of carbonyl (C=O) groups is 1. The predicted octanol–water partition coefficient (Wildman–Crippen LogP) is 1.27. The summed E-state index contributed by atoms with van der Waals surface area (Å²) >= 11 is 0. The highest BCUT2D eigenvalue weighted by Gasteiger charge is 2.36. The second-order valence-electron chi connectivity index (χ2n) is 5.84. The SMILES string of the molecule is Cc1nnc(N2C[C@@H](F)C[C@H]2CN(C)C(=O)c2c[nH]c(C#N)c2)o1. The van der Waals surface area contributed by atoms with Gasteiger partial charge in [0.05, 0.1) is 18.2 Å². The number of halogens is 1. The van der Waals surface area contributed by atoms with Gasteiger partial charge in [-0.1, -0.05) is 5.10 Å². The Labute approximate surface area is 137 Å². The van der Waals surface area contributed by atoms with Crippen LogP contribution in [0.3, 0.4) is 0 Å². The van der Waals surface area contributed by atoms with Gasteiger partial charge in [-0.15, -0.1) is 5.10 Å². The molecule has 2 aromatic rings. The van der Waals surface area contributed by atoms with E-state index in [1.807, 2.05) is 6.07 Å². The highest BCUT2D eigenvalue weighted by atomic mass is 19.1. The van der Waals surface area contributed by atoms with Crippen molar-refractivity contribution in [3.05, 3.63) is 29.4 Å². The molecule has 0 spiro atoms. The van der Waals surface area contributed by atoms with Gasteiger partial charge in [-0.2, -0.15) is 5.26 Å². The monoisotopic (exact) mass is 332 g/mol. The van der Waals surface area contributed by atoms with Crippen LogP contribution in [-0.4, -0.2) is 58.3 Å². The van der Waals surface area contributed by atoms with Gasteiger partial charge in [0.1, 0.15) is 17.9 Å². The van der Waals surface area contributed by atoms with Crippen molar-refractivity contribution < 1.29 is 13.6 Å². The van der Waals surface area contributed by atoms with Gasteiger partial charge >= 0.3 is 6.01 Å². The fourth-order valence-corrected chi connectivity index (χ4v) is 2.87. The van der Waals surface area contributed by atoms with Gasteiger partial charge in [0, 0.05) is 33.1 Å². The van der Waals surface area contributed by atoms with E-state index in [4.69, 9.17) is 9.68 Å². The molecule has 3 rings (SSSR count). The second-order valence-corrected chi connectivity index (χ2v) is 5.84. The lowest BCUT2D eigenvalue weighted by atomic mass is 10.2. The predicted molar refractivity (Wildman–Crippen MR) is 82.2 cm³/mol. The van der Waals surface area contributed by atoms with Crippen molar-refractivity contribution in [2.75, 3.05) is 25.0 Å². The van der Waals surface area contributed by atoms with Crippen LogP contribution in [0.1, 0.15) is 28.4 Å². The Morgan fingerprint density at radius 1 is 1.62 bits per heavy atom. The molecule has 0 aromatic carbocycles. The zero-order chi connectivity index (χ0) is 17.3. The maximum Gasteiger partial charge on any atom is 0.318 e. The molecule has 1 N–H and O–H groups in total. The number of carbonyl (C=O) groups excluding carboxylic acids is 1. The minimum absolute atomic E-state index is 0.164. The Morgan fingerprint density at radius 2 is 2.42 bits per heavy atom. The van der Waals surface area contributed by atoms with Crippen LogP contribution in [0.25, 0.3) is 0 Å². The van der Waals surface area contributed by atoms with Crippen molar-refractivity contribution in [2.45, 2.75) is 25.6 Å². The quantitative estimate of drug-likeness (QED) is 0.904. The number of nitriles is 1. The van der Waals surface area contributed by atoms with Crippen molar-refractivity contribution in [2.24, 2.45) is 0 Å².